The molecule has 1 saturated heterocycles. The number of aryl methyl sites for hydroxylation is 2. The number of piperazine rings is 1. The highest BCUT2D eigenvalue weighted by Gasteiger charge is 2.28. The van der Waals surface area contributed by atoms with Crippen LogP contribution in [0.15, 0.2) is 24.3 Å². The first-order chi connectivity index (χ1) is 12.3. The number of pyridine rings is 1. The van der Waals surface area contributed by atoms with E-state index in [1.54, 1.807) is 11.8 Å². The van der Waals surface area contributed by atoms with E-state index in [-0.39, 0.29) is 11.7 Å². The van der Waals surface area contributed by atoms with Crippen molar-refractivity contribution in [1.29, 1.82) is 0 Å². The Morgan fingerprint density at radius 1 is 1.12 bits per heavy atom. The van der Waals surface area contributed by atoms with Gasteiger partial charge in [0.15, 0.2) is 0 Å². The third kappa shape index (κ3) is 3.59. The SMILES string of the molecule is CCS(=O)(=O)N1CCN(C(=O)Cc2c(C)nc3ccccc3c2C)CC1. The summed E-state index contributed by atoms with van der Waals surface area (Å²) in [7, 11) is -3.18. The van der Waals surface area contributed by atoms with Gasteiger partial charge in [0, 0.05) is 37.3 Å². The van der Waals surface area contributed by atoms with Crippen molar-refractivity contribution in [3.05, 3.63) is 41.1 Å². The zero-order valence-corrected chi connectivity index (χ0v) is 16.3. The van der Waals surface area contributed by atoms with E-state index in [0.29, 0.717) is 32.6 Å². The van der Waals surface area contributed by atoms with Crippen LogP contribution in [0.25, 0.3) is 10.9 Å². The standard InChI is InChI=1S/C19H25N3O3S/c1-4-26(24,25)22-11-9-21(10-12-22)19(23)13-17-14(2)16-7-5-6-8-18(16)20-15(17)3/h5-8H,4,9-13H2,1-3H3. The van der Waals surface area contributed by atoms with Gasteiger partial charge in [0.2, 0.25) is 15.9 Å². The molecule has 0 atom stereocenters. The number of sulfonamides is 1. The Labute approximate surface area is 154 Å². The Kier molecular flexibility index (Phi) is 5.29. The lowest BCUT2D eigenvalue weighted by molar-refractivity contribution is -0.131. The van der Waals surface area contributed by atoms with Crippen molar-refractivity contribution >= 4 is 26.8 Å². The lowest BCUT2D eigenvalue weighted by atomic mass is 9.99. The van der Waals surface area contributed by atoms with Gasteiger partial charge in [-0.2, -0.15) is 4.31 Å². The van der Waals surface area contributed by atoms with Crippen LogP contribution in [-0.2, 0) is 21.2 Å². The number of carbonyl (C=O) groups is 1. The van der Waals surface area contributed by atoms with Gasteiger partial charge < -0.3 is 4.90 Å². The zero-order chi connectivity index (χ0) is 18.9. The molecule has 6 nitrogen and oxygen atoms in total. The molecule has 0 N–H and O–H groups in total. The Balaban J connectivity index is 1.74. The van der Waals surface area contributed by atoms with Crippen molar-refractivity contribution in [2.75, 3.05) is 31.9 Å². The normalized spacial score (nSPS) is 16.2. The summed E-state index contributed by atoms with van der Waals surface area (Å²) in [6, 6.07) is 7.95. The van der Waals surface area contributed by atoms with Crippen LogP contribution in [0.3, 0.4) is 0 Å². The summed E-state index contributed by atoms with van der Waals surface area (Å²) in [6.07, 6.45) is 0.302. The van der Waals surface area contributed by atoms with E-state index < -0.39 is 10.0 Å². The summed E-state index contributed by atoms with van der Waals surface area (Å²) in [5, 5.41) is 1.07. The van der Waals surface area contributed by atoms with Crippen molar-refractivity contribution in [2.24, 2.45) is 0 Å². The molecule has 2 heterocycles. The monoisotopic (exact) mass is 375 g/mol. The second-order valence-corrected chi connectivity index (χ2v) is 8.93. The van der Waals surface area contributed by atoms with E-state index in [1.807, 2.05) is 38.1 Å². The van der Waals surface area contributed by atoms with E-state index in [4.69, 9.17) is 0 Å². The third-order valence-electron chi connectivity index (χ3n) is 5.16. The molecule has 1 amide bonds. The fraction of sp³-hybridized carbons (Fsp3) is 0.474. The Bertz CT molecular complexity index is 932. The Morgan fingerprint density at radius 2 is 1.77 bits per heavy atom. The molecule has 0 bridgehead atoms. The first-order valence-electron chi connectivity index (χ1n) is 8.94. The highest BCUT2D eigenvalue weighted by Crippen LogP contribution is 2.23. The summed E-state index contributed by atoms with van der Waals surface area (Å²) < 4.78 is 25.4. The fourth-order valence-electron chi connectivity index (χ4n) is 3.49. The predicted octanol–water partition coefficient (Wildman–Crippen LogP) is 1.89. The number of carbonyl (C=O) groups excluding carboxylic acids is 1. The van der Waals surface area contributed by atoms with Crippen LogP contribution in [0.1, 0.15) is 23.7 Å². The molecule has 1 aliphatic rings. The van der Waals surface area contributed by atoms with Gasteiger partial charge in [-0.1, -0.05) is 18.2 Å². The lowest BCUT2D eigenvalue weighted by Gasteiger charge is -2.34. The number of hydrogen-bond donors (Lipinski definition) is 0. The fourth-order valence-corrected chi connectivity index (χ4v) is 4.58. The highest BCUT2D eigenvalue weighted by atomic mass is 32.2. The molecule has 26 heavy (non-hydrogen) atoms. The van der Waals surface area contributed by atoms with Crippen molar-refractivity contribution in [3.8, 4) is 0 Å². The summed E-state index contributed by atoms with van der Waals surface area (Å²) >= 11 is 0. The first kappa shape index (κ1) is 18.8. The Morgan fingerprint density at radius 3 is 2.42 bits per heavy atom. The molecular formula is C19H25N3O3S. The lowest BCUT2D eigenvalue weighted by Crippen LogP contribution is -2.51. The van der Waals surface area contributed by atoms with Gasteiger partial charge in [-0.15, -0.1) is 0 Å². The largest absolute Gasteiger partial charge is 0.340 e. The Hall–Kier alpha value is -1.99. The first-order valence-corrected chi connectivity index (χ1v) is 10.5. The second-order valence-electron chi connectivity index (χ2n) is 6.68. The maximum absolute atomic E-state index is 12.8. The minimum Gasteiger partial charge on any atom is -0.340 e. The van der Waals surface area contributed by atoms with Crippen molar-refractivity contribution < 1.29 is 13.2 Å². The van der Waals surface area contributed by atoms with Crippen LogP contribution in [0, 0.1) is 13.8 Å². The van der Waals surface area contributed by atoms with E-state index in [1.165, 1.54) is 4.31 Å². The molecule has 0 saturated carbocycles. The van der Waals surface area contributed by atoms with Gasteiger partial charge >= 0.3 is 0 Å². The molecule has 1 aliphatic heterocycles. The zero-order valence-electron chi connectivity index (χ0n) is 15.5. The molecule has 0 unspecified atom stereocenters. The topological polar surface area (TPSA) is 70.6 Å². The van der Waals surface area contributed by atoms with Crippen molar-refractivity contribution in [2.45, 2.75) is 27.2 Å². The van der Waals surface area contributed by atoms with Crippen molar-refractivity contribution in [1.82, 2.24) is 14.2 Å². The molecular weight excluding hydrogens is 350 g/mol. The van der Waals surface area contributed by atoms with E-state index in [0.717, 1.165) is 27.7 Å². The van der Waals surface area contributed by atoms with Gasteiger partial charge in [-0.3, -0.25) is 9.78 Å². The number of amides is 1. The maximum Gasteiger partial charge on any atom is 0.227 e. The summed E-state index contributed by atoms with van der Waals surface area (Å²) in [5.74, 6) is 0.129. The van der Waals surface area contributed by atoms with Gasteiger partial charge in [0.05, 0.1) is 17.7 Å². The van der Waals surface area contributed by atoms with Gasteiger partial charge in [-0.25, -0.2) is 8.42 Å². The minimum absolute atomic E-state index is 0.0295. The average Bonchev–Trinajstić information content (AvgIpc) is 2.65. The second kappa shape index (κ2) is 7.32. The number of aromatic nitrogens is 1. The molecule has 0 aliphatic carbocycles. The highest BCUT2D eigenvalue weighted by molar-refractivity contribution is 7.89. The smallest absolute Gasteiger partial charge is 0.227 e. The molecule has 3 rings (SSSR count). The molecule has 1 aromatic carbocycles. The van der Waals surface area contributed by atoms with Crippen LogP contribution in [0.4, 0.5) is 0 Å². The molecule has 1 fully saturated rings. The summed E-state index contributed by atoms with van der Waals surface area (Å²) in [4.78, 5) is 19.2. The molecule has 1 aromatic heterocycles. The van der Waals surface area contributed by atoms with Crippen LogP contribution in [0.5, 0.6) is 0 Å². The number of fused-ring (bicyclic) bond motifs is 1. The van der Waals surface area contributed by atoms with Crippen LogP contribution in [-0.4, -0.2) is 60.4 Å². The van der Waals surface area contributed by atoms with Crippen LogP contribution in [0.2, 0.25) is 0 Å². The number of benzene rings is 1. The van der Waals surface area contributed by atoms with Crippen molar-refractivity contribution in [3.63, 3.8) is 0 Å². The molecule has 140 valence electrons. The quantitative estimate of drug-likeness (QED) is 0.818. The summed E-state index contributed by atoms with van der Waals surface area (Å²) in [5.41, 5.74) is 3.88. The molecule has 0 radical (unpaired) electrons. The van der Waals surface area contributed by atoms with Crippen LogP contribution >= 0.6 is 0 Å². The van der Waals surface area contributed by atoms with E-state index in [9.17, 15) is 13.2 Å². The van der Waals surface area contributed by atoms with E-state index in [2.05, 4.69) is 4.98 Å². The summed E-state index contributed by atoms with van der Waals surface area (Å²) in [6.45, 7) is 7.24. The number of rotatable bonds is 4. The van der Waals surface area contributed by atoms with Gasteiger partial charge in [-0.05, 0) is 38.0 Å². The van der Waals surface area contributed by atoms with Gasteiger partial charge in [0.1, 0.15) is 0 Å². The molecule has 2 aromatic rings. The van der Waals surface area contributed by atoms with Crippen LogP contribution < -0.4 is 0 Å². The molecule has 0 spiro atoms. The van der Waals surface area contributed by atoms with E-state index >= 15 is 0 Å². The number of nitrogens with zero attached hydrogens (tertiary/aromatic N) is 3. The average molecular weight is 375 g/mol. The number of para-hydroxylation sites is 1. The predicted molar refractivity (Wildman–Crippen MR) is 103 cm³/mol. The number of hydrogen-bond acceptors (Lipinski definition) is 4. The minimum atomic E-state index is -3.18. The molecule has 7 heteroatoms. The van der Waals surface area contributed by atoms with Gasteiger partial charge in [0.25, 0.3) is 0 Å². The third-order valence-corrected chi connectivity index (χ3v) is 7.04. The maximum atomic E-state index is 12.8.